The molecule has 7 nitrogen and oxygen atoms in total. The molecule has 38 heavy (non-hydrogen) atoms. The van der Waals surface area contributed by atoms with Gasteiger partial charge < -0.3 is 14.6 Å². The first-order valence-electron chi connectivity index (χ1n) is 14.5. The van der Waals surface area contributed by atoms with E-state index in [2.05, 4.69) is 57.5 Å². The summed E-state index contributed by atoms with van der Waals surface area (Å²) in [5.41, 5.74) is 5.95. The third kappa shape index (κ3) is 5.26. The minimum absolute atomic E-state index is 0.0340. The van der Waals surface area contributed by atoms with Crippen molar-refractivity contribution >= 4 is 12.4 Å². The molecule has 0 unspecified atom stereocenters. The first-order valence-corrected chi connectivity index (χ1v) is 14.5. The van der Waals surface area contributed by atoms with Gasteiger partial charge in [-0.05, 0) is 57.1 Å². The van der Waals surface area contributed by atoms with Crippen molar-refractivity contribution in [3.63, 3.8) is 0 Å². The molecule has 3 aliphatic carbocycles. The molecule has 3 fully saturated rings. The number of hydrogen-bond acceptors (Lipinski definition) is 5. The molecule has 1 N–H and O–H groups in total. The van der Waals surface area contributed by atoms with Crippen LogP contribution in [0.15, 0.2) is 6.07 Å². The van der Waals surface area contributed by atoms with Crippen LogP contribution in [0.2, 0.25) is 0 Å². The molecule has 206 valence electrons. The van der Waals surface area contributed by atoms with Gasteiger partial charge in [0, 0.05) is 42.0 Å². The van der Waals surface area contributed by atoms with E-state index in [4.69, 9.17) is 14.7 Å². The normalized spacial score (nSPS) is 23.0. The fraction of sp³-hybridized carbons (Fsp3) is 0.677. The second-order valence-electron chi connectivity index (χ2n) is 13.3. The van der Waals surface area contributed by atoms with E-state index in [9.17, 15) is 9.59 Å². The summed E-state index contributed by atoms with van der Waals surface area (Å²) < 4.78 is 7.40. The second kappa shape index (κ2) is 10.1. The van der Waals surface area contributed by atoms with E-state index < -0.39 is 0 Å². The van der Waals surface area contributed by atoms with Crippen molar-refractivity contribution in [1.29, 1.82) is 0 Å². The third-order valence-electron chi connectivity index (χ3n) is 9.09. The number of aromatic nitrogens is 3. The smallest absolute Gasteiger partial charge is 0.293 e. The quantitative estimate of drug-likeness (QED) is 0.436. The Hall–Kier alpha value is -2.70. The molecular weight excluding hydrogens is 476 g/mol. The summed E-state index contributed by atoms with van der Waals surface area (Å²) in [4.78, 5) is 34.4. The molecule has 0 radical (unpaired) electrons. The predicted octanol–water partition coefficient (Wildman–Crippen LogP) is 5.93. The van der Waals surface area contributed by atoms with Crippen LogP contribution < -0.4 is 5.32 Å². The van der Waals surface area contributed by atoms with E-state index in [1.807, 2.05) is 0 Å². The van der Waals surface area contributed by atoms with Gasteiger partial charge in [-0.2, -0.15) is 0 Å². The van der Waals surface area contributed by atoms with E-state index >= 15 is 0 Å². The molecule has 3 aliphatic rings. The van der Waals surface area contributed by atoms with Gasteiger partial charge in [0.1, 0.15) is 11.9 Å². The number of nitrogens with zero attached hydrogens (tertiary/aromatic N) is 3. The highest BCUT2D eigenvalue weighted by Crippen LogP contribution is 2.49. The van der Waals surface area contributed by atoms with Crippen LogP contribution in [0, 0.1) is 19.8 Å². The van der Waals surface area contributed by atoms with Crippen molar-refractivity contribution < 1.29 is 14.3 Å². The van der Waals surface area contributed by atoms with Gasteiger partial charge in [-0.25, -0.2) is 9.97 Å². The van der Waals surface area contributed by atoms with Crippen LogP contribution in [0.5, 0.6) is 0 Å². The molecule has 5 rings (SSSR count). The van der Waals surface area contributed by atoms with Crippen LogP contribution in [-0.2, 0) is 26.9 Å². The molecule has 7 heteroatoms. The zero-order chi connectivity index (χ0) is 27.2. The Bertz CT molecular complexity index is 1210. The Balaban J connectivity index is 1.55. The summed E-state index contributed by atoms with van der Waals surface area (Å²) in [6.45, 7) is 14.5. The van der Waals surface area contributed by atoms with Crippen LogP contribution >= 0.6 is 0 Å². The Kier molecular flexibility index (Phi) is 7.16. The van der Waals surface area contributed by atoms with Gasteiger partial charge in [-0.1, -0.05) is 47.0 Å². The number of carbonyl (C=O) groups is 2. The fourth-order valence-corrected chi connectivity index (χ4v) is 6.18. The van der Waals surface area contributed by atoms with Gasteiger partial charge in [0.2, 0.25) is 0 Å². The molecule has 2 heterocycles. The Morgan fingerprint density at radius 1 is 1.16 bits per heavy atom. The maximum Gasteiger partial charge on any atom is 0.293 e. The molecule has 2 aromatic rings. The summed E-state index contributed by atoms with van der Waals surface area (Å²) in [7, 11) is 0. The number of hydrogen-bond donors (Lipinski definition) is 1. The van der Waals surface area contributed by atoms with Gasteiger partial charge >= 0.3 is 0 Å². The number of amides is 1. The molecular formula is C31H44N4O3. The van der Waals surface area contributed by atoms with Crippen LogP contribution in [0.1, 0.15) is 119 Å². The molecule has 0 atom stereocenters. The number of nitrogens with one attached hydrogen (secondary N) is 1. The average Bonchev–Trinajstić information content (AvgIpc) is 3.52. The van der Waals surface area contributed by atoms with Gasteiger partial charge in [0.25, 0.3) is 12.4 Å². The van der Waals surface area contributed by atoms with Crippen molar-refractivity contribution in [2.24, 2.45) is 5.92 Å². The van der Waals surface area contributed by atoms with Gasteiger partial charge in [0.15, 0.2) is 0 Å². The van der Waals surface area contributed by atoms with Crippen molar-refractivity contribution in [1.82, 2.24) is 19.9 Å². The molecule has 0 bridgehead atoms. The van der Waals surface area contributed by atoms with E-state index in [1.54, 1.807) is 0 Å². The lowest BCUT2D eigenvalue weighted by Crippen LogP contribution is -2.47. The fourth-order valence-electron chi connectivity index (χ4n) is 6.18. The summed E-state index contributed by atoms with van der Waals surface area (Å²) in [6, 6.07) is 2.10. The van der Waals surface area contributed by atoms with Gasteiger partial charge in [-0.15, -0.1) is 0 Å². The monoisotopic (exact) mass is 520 g/mol. The standard InChI is InChI=1S/C31H44N4O3/c1-19-26(33-29(30(3,4)5)34-27(19)31(6)12-13-31)25-16-24(28(37)32-22-14-23(15-22)38-18-36)20(2)35(25)17-21-10-8-7-9-11-21/h16,18,21-23H,7-15,17H2,1-6H3,(H,32,37). The molecule has 3 saturated carbocycles. The largest absolute Gasteiger partial charge is 0.464 e. The highest BCUT2D eigenvalue weighted by molar-refractivity contribution is 5.97. The number of ether oxygens (including phenoxy) is 1. The summed E-state index contributed by atoms with van der Waals surface area (Å²) in [6.07, 6.45) is 9.90. The van der Waals surface area contributed by atoms with Crippen LogP contribution in [0.25, 0.3) is 11.4 Å². The number of rotatable bonds is 8. The molecule has 1 amide bonds. The second-order valence-corrected chi connectivity index (χ2v) is 13.3. The average molecular weight is 521 g/mol. The zero-order valence-corrected chi connectivity index (χ0v) is 24.0. The summed E-state index contributed by atoms with van der Waals surface area (Å²) >= 11 is 0. The maximum atomic E-state index is 13.5. The Morgan fingerprint density at radius 3 is 2.45 bits per heavy atom. The highest BCUT2D eigenvalue weighted by Gasteiger charge is 2.43. The van der Waals surface area contributed by atoms with Crippen LogP contribution in [0.3, 0.4) is 0 Å². The molecule has 2 aromatic heterocycles. The van der Waals surface area contributed by atoms with E-state index in [0.717, 1.165) is 53.5 Å². The Labute approximate surface area is 227 Å². The van der Waals surface area contributed by atoms with Gasteiger partial charge in [0.05, 0.1) is 22.6 Å². The minimum atomic E-state index is -0.178. The van der Waals surface area contributed by atoms with Crippen LogP contribution in [0.4, 0.5) is 0 Å². The van der Waals surface area contributed by atoms with E-state index in [-0.39, 0.29) is 28.9 Å². The van der Waals surface area contributed by atoms with Crippen molar-refractivity contribution in [3.8, 4) is 11.4 Å². The number of carbonyl (C=O) groups excluding carboxylic acids is 2. The zero-order valence-electron chi connectivity index (χ0n) is 24.0. The summed E-state index contributed by atoms with van der Waals surface area (Å²) in [5.74, 6) is 1.42. The lowest BCUT2D eigenvalue weighted by molar-refractivity contribution is -0.138. The minimum Gasteiger partial charge on any atom is -0.464 e. The third-order valence-corrected chi connectivity index (χ3v) is 9.09. The van der Waals surface area contributed by atoms with E-state index in [0.29, 0.717) is 30.8 Å². The van der Waals surface area contributed by atoms with Crippen LogP contribution in [-0.4, -0.2) is 39.1 Å². The van der Waals surface area contributed by atoms with Crippen molar-refractivity contribution in [2.45, 2.75) is 129 Å². The Morgan fingerprint density at radius 2 is 1.84 bits per heavy atom. The first kappa shape index (κ1) is 26.9. The summed E-state index contributed by atoms with van der Waals surface area (Å²) in [5, 5.41) is 3.17. The molecule has 0 aromatic carbocycles. The maximum absolute atomic E-state index is 13.5. The van der Waals surface area contributed by atoms with Crippen molar-refractivity contribution in [2.75, 3.05) is 0 Å². The molecule has 0 saturated heterocycles. The SMILES string of the molecule is Cc1c(-c2cc(C(=O)NC3CC(OC=O)C3)c(C)n2CC2CCCCC2)nc(C(C)(C)C)nc1C1(C)CC1. The van der Waals surface area contributed by atoms with E-state index in [1.165, 1.54) is 32.1 Å². The van der Waals surface area contributed by atoms with Crippen molar-refractivity contribution in [3.05, 3.63) is 34.4 Å². The molecule has 0 aliphatic heterocycles. The first-order chi connectivity index (χ1) is 18.0. The predicted molar refractivity (Wildman–Crippen MR) is 148 cm³/mol. The topological polar surface area (TPSA) is 86.1 Å². The van der Waals surface area contributed by atoms with Gasteiger partial charge in [-0.3, -0.25) is 9.59 Å². The lowest BCUT2D eigenvalue weighted by Gasteiger charge is -2.34. The lowest BCUT2D eigenvalue weighted by atomic mass is 9.89. The highest BCUT2D eigenvalue weighted by atomic mass is 16.5. The molecule has 0 spiro atoms.